The van der Waals surface area contributed by atoms with Gasteiger partial charge in [0.1, 0.15) is 5.82 Å². The number of benzene rings is 1. The van der Waals surface area contributed by atoms with E-state index in [9.17, 15) is 9.18 Å². The van der Waals surface area contributed by atoms with E-state index >= 15 is 0 Å². The lowest BCUT2D eigenvalue weighted by atomic mass is 9.85. The third-order valence-corrected chi connectivity index (χ3v) is 4.67. The van der Waals surface area contributed by atoms with E-state index in [0.717, 1.165) is 19.4 Å². The highest BCUT2D eigenvalue weighted by molar-refractivity contribution is 5.91. The van der Waals surface area contributed by atoms with Crippen LogP contribution in [-0.4, -0.2) is 23.7 Å². The van der Waals surface area contributed by atoms with Gasteiger partial charge in [-0.2, -0.15) is 0 Å². The topological polar surface area (TPSA) is 66.6 Å². The molecule has 1 saturated heterocycles. The number of carboxylic acids is 1. The van der Waals surface area contributed by atoms with Crippen molar-refractivity contribution in [3.8, 4) is 0 Å². The van der Waals surface area contributed by atoms with E-state index in [1.807, 2.05) is 0 Å². The van der Waals surface area contributed by atoms with Gasteiger partial charge >= 0.3 is 5.97 Å². The van der Waals surface area contributed by atoms with Crippen molar-refractivity contribution < 1.29 is 14.3 Å². The number of anilines is 2. The van der Waals surface area contributed by atoms with Gasteiger partial charge in [-0.3, -0.25) is 0 Å². The summed E-state index contributed by atoms with van der Waals surface area (Å²) in [5.74, 6) is -1.32. The van der Waals surface area contributed by atoms with Crippen molar-refractivity contribution in [3.05, 3.63) is 23.5 Å². The summed E-state index contributed by atoms with van der Waals surface area (Å²) in [5, 5.41) is 8.92. The molecular weight excluding hydrogens is 259 g/mol. The number of halogens is 1. The van der Waals surface area contributed by atoms with Crippen LogP contribution in [0.3, 0.4) is 0 Å². The molecule has 5 heteroatoms. The van der Waals surface area contributed by atoms with Gasteiger partial charge < -0.3 is 15.7 Å². The maximum absolute atomic E-state index is 13.9. The van der Waals surface area contributed by atoms with E-state index in [-0.39, 0.29) is 5.56 Å². The first-order chi connectivity index (χ1) is 9.58. The molecule has 1 saturated carbocycles. The number of nitrogen functional groups attached to an aromatic ring is 1. The van der Waals surface area contributed by atoms with E-state index in [4.69, 9.17) is 10.8 Å². The molecule has 3 rings (SSSR count). The molecule has 0 spiro atoms. The predicted molar refractivity (Wildman–Crippen MR) is 75.5 cm³/mol. The molecule has 1 aromatic rings. The second-order valence-electron chi connectivity index (χ2n) is 5.79. The van der Waals surface area contributed by atoms with Gasteiger partial charge in [0.05, 0.1) is 16.9 Å². The van der Waals surface area contributed by atoms with Gasteiger partial charge in [0.25, 0.3) is 0 Å². The van der Waals surface area contributed by atoms with Crippen LogP contribution in [0.1, 0.15) is 42.5 Å². The van der Waals surface area contributed by atoms with Crippen molar-refractivity contribution in [2.45, 2.75) is 38.1 Å². The number of rotatable bonds is 2. The molecule has 1 aliphatic carbocycles. The Morgan fingerprint density at radius 2 is 2.05 bits per heavy atom. The van der Waals surface area contributed by atoms with Gasteiger partial charge in [-0.1, -0.05) is 12.8 Å². The summed E-state index contributed by atoms with van der Waals surface area (Å²) < 4.78 is 13.9. The van der Waals surface area contributed by atoms with E-state index in [0.29, 0.717) is 23.3 Å². The van der Waals surface area contributed by atoms with Crippen molar-refractivity contribution in [1.29, 1.82) is 0 Å². The van der Waals surface area contributed by atoms with Crippen LogP contribution in [0, 0.1) is 11.7 Å². The third-order valence-electron chi connectivity index (χ3n) is 4.67. The molecule has 2 atom stereocenters. The molecule has 2 fully saturated rings. The molecule has 3 N–H and O–H groups in total. The summed E-state index contributed by atoms with van der Waals surface area (Å²) in [6, 6.07) is 2.96. The highest BCUT2D eigenvalue weighted by Crippen LogP contribution is 2.41. The van der Waals surface area contributed by atoms with E-state index in [1.54, 1.807) is 0 Å². The van der Waals surface area contributed by atoms with Gasteiger partial charge in [0.2, 0.25) is 0 Å². The molecule has 2 aliphatic rings. The molecule has 0 aromatic heterocycles. The van der Waals surface area contributed by atoms with Crippen molar-refractivity contribution in [2.75, 3.05) is 17.2 Å². The zero-order chi connectivity index (χ0) is 14.3. The average Bonchev–Trinajstić information content (AvgIpc) is 2.84. The largest absolute Gasteiger partial charge is 0.478 e. The van der Waals surface area contributed by atoms with Crippen LogP contribution in [0.4, 0.5) is 15.8 Å². The molecule has 4 nitrogen and oxygen atoms in total. The molecule has 20 heavy (non-hydrogen) atoms. The number of nitrogens with zero attached hydrogens (tertiary/aromatic N) is 1. The Hall–Kier alpha value is -1.78. The first-order valence-corrected chi connectivity index (χ1v) is 7.17. The first kappa shape index (κ1) is 13.2. The van der Waals surface area contributed by atoms with Gasteiger partial charge in [0.15, 0.2) is 0 Å². The standard InChI is InChI=1S/C15H19FN2O2/c16-11-8-14(12(17)7-10(11)15(19)20)18-6-5-9-3-1-2-4-13(9)18/h7-9,13H,1-6,17H2,(H,19,20). The minimum Gasteiger partial charge on any atom is -0.478 e. The number of hydrogen-bond acceptors (Lipinski definition) is 3. The van der Waals surface area contributed by atoms with Gasteiger partial charge in [-0.05, 0) is 31.2 Å². The Balaban J connectivity index is 1.94. The van der Waals surface area contributed by atoms with E-state index in [2.05, 4.69) is 4.90 Å². The minimum absolute atomic E-state index is 0.356. The zero-order valence-electron chi connectivity index (χ0n) is 11.3. The van der Waals surface area contributed by atoms with Crippen LogP contribution in [0.5, 0.6) is 0 Å². The van der Waals surface area contributed by atoms with Crippen LogP contribution in [0.15, 0.2) is 12.1 Å². The third kappa shape index (κ3) is 2.11. The van der Waals surface area contributed by atoms with Crippen molar-refractivity contribution in [1.82, 2.24) is 0 Å². The molecule has 1 aliphatic heterocycles. The van der Waals surface area contributed by atoms with Gasteiger partial charge in [-0.15, -0.1) is 0 Å². The lowest BCUT2D eigenvalue weighted by Gasteiger charge is -2.33. The lowest BCUT2D eigenvalue weighted by Crippen LogP contribution is -2.35. The Morgan fingerprint density at radius 3 is 2.80 bits per heavy atom. The summed E-state index contributed by atoms with van der Waals surface area (Å²) >= 11 is 0. The van der Waals surface area contributed by atoms with Gasteiger partial charge in [0, 0.05) is 18.7 Å². The van der Waals surface area contributed by atoms with Crippen LogP contribution in [0.2, 0.25) is 0 Å². The summed E-state index contributed by atoms with van der Waals surface area (Å²) in [7, 11) is 0. The van der Waals surface area contributed by atoms with Crippen LogP contribution >= 0.6 is 0 Å². The fourth-order valence-electron chi connectivity index (χ4n) is 3.70. The molecular formula is C15H19FN2O2. The lowest BCUT2D eigenvalue weighted by molar-refractivity contribution is 0.0692. The highest BCUT2D eigenvalue weighted by atomic mass is 19.1. The molecule has 0 bridgehead atoms. The molecule has 108 valence electrons. The fraction of sp³-hybridized carbons (Fsp3) is 0.533. The van der Waals surface area contributed by atoms with Crippen LogP contribution in [0.25, 0.3) is 0 Å². The van der Waals surface area contributed by atoms with Gasteiger partial charge in [-0.25, -0.2) is 9.18 Å². The van der Waals surface area contributed by atoms with E-state index < -0.39 is 11.8 Å². The van der Waals surface area contributed by atoms with Crippen LogP contribution < -0.4 is 10.6 Å². The average molecular weight is 278 g/mol. The Labute approximate surface area is 117 Å². The second kappa shape index (κ2) is 4.96. The predicted octanol–water partition coefficient (Wildman–Crippen LogP) is 2.88. The number of fused-ring (bicyclic) bond motifs is 1. The quantitative estimate of drug-likeness (QED) is 0.816. The monoisotopic (exact) mass is 278 g/mol. The Morgan fingerprint density at radius 1 is 1.30 bits per heavy atom. The normalized spacial score (nSPS) is 25.6. The summed E-state index contributed by atoms with van der Waals surface area (Å²) in [6.07, 6.45) is 5.94. The van der Waals surface area contributed by atoms with Crippen molar-refractivity contribution in [3.63, 3.8) is 0 Å². The van der Waals surface area contributed by atoms with Crippen molar-refractivity contribution in [2.24, 2.45) is 5.92 Å². The Kier molecular flexibility index (Phi) is 3.28. The smallest absolute Gasteiger partial charge is 0.338 e. The number of aromatic carboxylic acids is 1. The molecule has 1 heterocycles. The SMILES string of the molecule is Nc1cc(C(=O)O)c(F)cc1N1CCC2CCCCC21. The Bertz CT molecular complexity index is 547. The minimum atomic E-state index is -1.28. The number of carbonyl (C=O) groups is 1. The number of nitrogens with two attached hydrogens (primary N) is 1. The second-order valence-corrected chi connectivity index (χ2v) is 5.79. The molecule has 1 aromatic carbocycles. The summed E-state index contributed by atoms with van der Waals surface area (Å²) in [4.78, 5) is 13.1. The fourth-order valence-corrected chi connectivity index (χ4v) is 3.70. The maximum atomic E-state index is 13.9. The molecule has 2 unspecified atom stereocenters. The van der Waals surface area contributed by atoms with Crippen LogP contribution in [-0.2, 0) is 0 Å². The number of hydrogen-bond donors (Lipinski definition) is 2. The zero-order valence-corrected chi connectivity index (χ0v) is 11.3. The maximum Gasteiger partial charge on any atom is 0.338 e. The summed E-state index contributed by atoms with van der Waals surface area (Å²) in [5.41, 5.74) is 6.61. The van der Waals surface area contributed by atoms with E-state index in [1.165, 1.54) is 31.4 Å². The molecule has 0 radical (unpaired) electrons. The summed E-state index contributed by atoms with van der Waals surface area (Å²) in [6.45, 7) is 0.880. The first-order valence-electron chi connectivity index (χ1n) is 7.17. The molecule has 0 amide bonds. The highest BCUT2D eigenvalue weighted by Gasteiger charge is 2.36. The van der Waals surface area contributed by atoms with Crippen molar-refractivity contribution >= 4 is 17.3 Å². The number of carboxylic acid groups (broad SMARTS) is 1.